The zero-order valence-electron chi connectivity index (χ0n) is 6.51. The predicted octanol–water partition coefficient (Wildman–Crippen LogP) is 2.42. The van der Waals surface area contributed by atoms with Crippen LogP contribution in [0.4, 0.5) is 4.39 Å². The summed E-state index contributed by atoms with van der Waals surface area (Å²) in [5.74, 6) is 0. The van der Waals surface area contributed by atoms with Gasteiger partial charge in [-0.15, -0.1) is 11.3 Å². The highest BCUT2D eigenvalue weighted by atomic mass is 32.1. The Hall–Kier alpha value is -0.410. The fraction of sp³-hybridized carbons (Fsp3) is 0.500. The average molecular weight is 173 g/mol. The number of alkyl halides is 1. The molecule has 0 fully saturated rings. The third-order valence-corrected chi connectivity index (χ3v) is 2.71. The molecule has 1 heterocycles. The third kappa shape index (κ3) is 2.01. The summed E-state index contributed by atoms with van der Waals surface area (Å²) in [4.78, 5) is 0.829. The summed E-state index contributed by atoms with van der Waals surface area (Å²) in [6.45, 7) is 2.34. The highest BCUT2D eigenvalue weighted by Gasteiger charge is 2.11. The van der Waals surface area contributed by atoms with Crippen molar-refractivity contribution in [1.82, 2.24) is 0 Å². The van der Waals surface area contributed by atoms with Crippen LogP contribution < -0.4 is 5.73 Å². The maximum absolute atomic E-state index is 13.2. The van der Waals surface area contributed by atoms with Gasteiger partial charge in [0.1, 0.15) is 6.17 Å². The molecule has 0 aliphatic carbocycles. The second-order valence-electron chi connectivity index (χ2n) is 2.51. The molecule has 11 heavy (non-hydrogen) atoms. The van der Waals surface area contributed by atoms with Crippen LogP contribution in [0.5, 0.6) is 0 Å². The Labute approximate surface area is 70.0 Å². The van der Waals surface area contributed by atoms with Crippen LogP contribution in [0.25, 0.3) is 0 Å². The van der Waals surface area contributed by atoms with Crippen LogP contribution in [0.1, 0.15) is 23.0 Å². The third-order valence-electron chi connectivity index (χ3n) is 1.61. The molecule has 0 bridgehead atoms. The number of hydrogen-bond acceptors (Lipinski definition) is 2. The van der Waals surface area contributed by atoms with Crippen LogP contribution in [0.2, 0.25) is 0 Å². The molecule has 62 valence electrons. The van der Waals surface area contributed by atoms with Gasteiger partial charge in [0.15, 0.2) is 0 Å². The maximum Gasteiger partial charge on any atom is 0.136 e. The fourth-order valence-corrected chi connectivity index (χ4v) is 1.92. The molecule has 0 saturated carbocycles. The first-order chi connectivity index (χ1) is 5.25. The van der Waals surface area contributed by atoms with E-state index < -0.39 is 6.17 Å². The molecule has 1 atom stereocenters. The van der Waals surface area contributed by atoms with Gasteiger partial charge in [0.25, 0.3) is 0 Å². The molecule has 3 heteroatoms. The van der Waals surface area contributed by atoms with E-state index in [-0.39, 0.29) is 0 Å². The Morgan fingerprint density at radius 2 is 2.45 bits per heavy atom. The zero-order chi connectivity index (χ0) is 8.27. The van der Waals surface area contributed by atoms with Crippen LogP contribution >= 0.6 is 11.3 Å². The van der Waals surface area contributed by atoms with Gasteiger partial charge in [0, 0.05) is 4.88 Å². The van der Waals surface area contributed by atoms with E-state index in [0.29, 0.717) is 13.0 Å². The predicted molar refractivity (Wildman–Crippen MR) is 46.6 cm³/mol. The number of halogens is 1. The van der Waals surface area contributed by atoms with Crippen molar-refractivity contribution in [2.75, 3.05) is 6.54 Å². The van der Waals surface area contributed by atoms with Crippen molar-refractivity contribution in [2.45, 2.75) is 19.5 Å². The van der Waals surface area contributed by atoms with Gasteiger partial charge in [-0.3, -0.25) is 0 Å². The topological polar surface area (TPSA) is 26.0 Å². The number of aryl methyl sites for hydroxylation is 1. The highest BCUT2D eigenvalue weighted by molar-refractivity contribution is 7.10. The second-order valence-corrected chi connectivity index (χ2v) is 3.46. The molecule has 0 spiro atoms. The van der Waals surface area contributed by atoms with Gasteiger partial charge in [0.2, 0.25) is 0 Å². The molecule has 0 aromatic carbocycles. The monoisotopic (exact) mass is 173 g/mol. The summed E-state index contributed by atoms with van der Waals surface area (Å²) in [6, 6.07) is 1.93. The normalized spacial score (nSPS) is 13.4. The highest BCUT2D eigenvalue weighted by Crippen LogP contribution is 2.28. The largest absolute Gasteiger partial charge is 0.330 e. The molecule has 2 N–H and O–H groups in total. The lowest BCUT2D eigenvalue weighted by molar-refractivity contribution is 0.332. The molecular formula is C8H12FNS. The number of thiophene rings is 1. The number of hydrogen-bond donors (Lipinski definition) is 1. The fourth-order valence-electron chi connectivity index (χ4n) is 0.983. The van der Waals surface area contributed by atoms with Gasteiger partial charge in [-0.2, -0.15) is 0 Å². The lowest BCUT2D eigenvalue weighted by Crippen LogP contribution is -2.03. The van der Waals surface area contributed by atoms with Gasteiger partial charge in [0.05, 0.1) is 0 Å². The smallest absolute Gasteiger partial charge is 0.136 e. The van der Waals surface area contributed by atoms with Gasteiger partial charge in [-0.25, -0.2) is 4.39 Å². The van der Waals surface area contributed by atoms with E-state index in [9.17, 15) is 4.39 Å². The van der Waals surface area contributed by atoms with E-state index in [1.807, 2.05) is 18.4 Å². The van der Waals surface area contributed by atoms with E-state index in [1.54, 1.807) is 0 Å². The van der Waals surface area contributed by atoms with Crippen LogP contribution in [0.15, 0.2) is 11.4 Å². The van der Waals surface area contributed by atoms with E-state index in [1.165, 1.54) is 11.3 Å². The minimum absolute atomic E-state index is 0.415. The zero-order valence-corrected chi connectivity index (χ0v) is 7.33. The molecule has 1 aromatic heterocycles. The molecule has 1 nitrogen and oxygen atoms in total. The van der Waals surface area contributed by atoms with E-state index in [4.69, 9.17) is 5.73 Å². The Bertz CT molecular complexity index is 222. The molecule has 0 radical (unpaired) electrons. The van der Waals surface area contributed by atoms with Crippen molar-refractivity contribution in [3.8, 4) is 0 Å². The van der Waals surface area contributed by atoms with Gasteiger partial charge in [-0.05, 0) is 36.9 Å². The van der Waals surface area contributed by atoms with Crippen LogP contribution in [0.3, 0.4) is 0 Å². The minimum Gasteiger partial charge on any atom is -0.330 e. The summed E-state index contributed by atoms with van der Waals surface area (Å²) in [6.07, 6.45) is -0.429. The molecule has 0 saturated heterocycles. The first-order valence-electron chi connectivity index (χ1n) is 3.64. The van der Waals surface area contributed by atoms with E-state index in [2.05, 4.69) is 0 Å². The lowest BCUT2D eigenvalue weighted by atomic mass is 10.2. The van der Waals surface area contributed by atoms with E-state index in [0.717, 1.165) is 10.4 Å². The Kier molecular flexibility index (Phi) is 3.02. The minimum atomic E-state index is -0.861. The van der Waals surface area contributed by atoms with Crippen molar-refractivity contribution in [2.24, 2.45) is 5.73 Å². The van der Waals surface area contributed by atoms with Crippen LogP contribution in [0, 0.1) is 6.92 Å². The Morgan fingerprint density at radius 3 is 2.91 bits per heavy atom. The number of rotatable bonds is 3. The molecule has 1 rings (SSSR count). The van der Waals surface area contributed by atoms with Gasteiger partial charge < -0.3 is 5.73 Å². The summed E-state index contributed by atoms with van der Waals surface area (Å²) < 4.78 is 13.2. The first-order valence-corrected chi connectivity index (χ1v) is 4.51. The van der Waals surface area contributed by atoms with Crippen molar-refractivity contribution in [3.05, 3.63) is 21.9 Å². The first kappa shape index (κ1) is 8.68. The van der Waals surface area contributed by atoms with Crippen molar-refractivity contribution < 1.29 is 4.39 Å². The van der Waals surface area contributed by atoms with Crippen LogP contribution in [-0.4, -0.2) is 6.54 Å². The number of nitrogens with two attached hydrogens (primary N) is 1. The standard InChI is InChI=1S/C8H12FNS/c1-6-3-5-11-8(6)7(9)2-4-10/h3,5,7H,2,4,10H2,1H3. The molecule has 1 unspecified atom stereocenters. The molecular weight excluding hydrogens is 161 g/mol. The van der Waals surface area contributed by atoms with E-state index >= 15 is 0 Å². The van der Waals surface area contributed by atoms with Crippen molar-refractivity contribution in [3.63, 3.8) is 0 Å². The van der Waals surface area contributed by atoms with Crippen molar-refractivity contribution >= 4 is 11.3 Å². The summed E-state index contributed by atoms with van der Waals surface area (Å²) in [7, 11) is 0. The summed E-state index contributed by atoms with van der Waals surface area (Å²) in [5.41, 5.74) is 6.29. The summed E-state index contributed by atoms with van der Waals surface area (Å²) in [5, 5.41) is 1.91. The SMILES string of the molecule is Cc1ccsc1C(F)CCN. The van der Waals surface area contributed by atoms with Crippen LogP contribution in [-0.2, 0) is 0 Å². The van der Waals surface area contributed by atoms with Gasteiger partial charge in [-0.1, -0.05) is 0 Å². The molecule has 1 aromatic rings. The quantitative estimate of drug-likeness (QED) is 0.746. The lowest BCUT2D eigenvalue weighted by Gasteiger charge is -2.04. The van der Waals surface area contributed by atoms with Gasteiger partial charge >= 0.3 is 0 Å². The van der Waals surface area contributed by atoms with Crippen molar-refractivity contribution in [1.29, 1.82) is 0 Å². The Morgan fingerprint density at radius 1 is 1.73 bits per heavy atom. The Balaban J connectivity index is 2.67. The average Bonchev–Trinajstić information content (AvgIpc) is 2.36. The molecule has 0 amide bonds. The molecule has 0 aliphatic rings. The maximum atomic E-state index is 13.2. The second kappa shape index (κ2) is 3.83. The molecule has 0 aliphatic heterocycles. The summed E-state index contributed by atoms with van der Waals surface area (Å²) >= 11 is 1.47.